The molecule has 2 heterocycles. The number of carboxylic acid groups (broad SMARTS) is 1. The third-order valence-electron chi connectivity index (χ3n) is 6.43. The van der Waals surface area contributed by atoms with Crippen LogP contribution in [0, 0.1) is 12.7 Å². The molecule has 204 valence electrons. The first kappa shape index (κ1) is 28.5. The Morgan fingerprint density at radius 1 is 1.16 bits per heavy atom. The van der Waals surface area contributed by atoms with E-state index in [4.69, 9.17) is 14.6 Å². The molecule has 1 fully saturated rings. The monoisotopic (exact) mass is 532 g/mol. The van der Waals surface area contributed by atoms with Gasteiger partial charge in [0, 0.05) is 67.2 Å². The molecule has 1 unspecified atom stereocenters. The molecular formula is C27H31F3N4O4. The van der Waals surface area contributed by atoms with Gasteiger partial charge in [-0.2, -0.15) is 0 Å². The van der Waals surface area contributed by atoms with Crippen LogP contribution in [0.2, 0.25) is 0 Å². The van der Waals surface area contributed by atoms with Crippen molar-refractivity contribution in [2.45, 2.75) is 33.2 Å². The summed E-state index contributed by atoms with van der Waals surface area (Å²) in [6, 6.07) is 9.25. The van der Waals surface area contributed by atoms with Crippen molar-refractivity contribution in [3.05, 3.63) is 59.0 Å². The normalized spacial score (nSPS) is 14.1. The van der Waals surface area contributed by atoms with Crippen LogP contribution in [0.1, 0.15) is 43.1 Å². The number of benzene rings is 2. The van der Waals surface area contributed by atoms with Gasteiger partial charge in [0.1, 0.15) is 17.1 Å². The Morgan fingerprint density at radius 3 is 2.37 bits per heavy atom. The number of nitrogens with one attached hydrogen (secondary N) is 1. The van der Waals surface area contributed by atoms with Crippen LogP contribution in [-0.2, 0) is 9.59 Å². The van der Waals surface area contributed by atoms with Gasteiger partial charge in [0.25, 0.3) is 12.9 Å². The van der Waals surface area contributed by atoms with Crippen LogP contribution < -0.4 is 15.0 Å². The van der Waals surface area contributed by atoms with Gasteiger partial charge in [-0.15, -0.1) is 0 Å². The number of anilines is 2. The Hall–Kier alpha value is -4.02. The van der Waals surface area contributed by atoms with Crippen LogP contribution in [0.4, 0.5) is 24.5 Å². The highest BCUT2D eigenvalue weighted by atomic mass is 19.3. The first-order valence-corrected chi connectivity index (χ1v) is 12.0. The number of carbonyl (C=O) groups excluding carboxylic acids is 1. The molecule has 2 aromatic carbocycles. The van der Waals surface area contributed by atoms with E-state index in [1.54, 1.807) is 21.0 Å². The number of piperazine rings is 1. The van der Waals surface area contributed by atoms with E-state index in [0.717, 1.165) is 22.8 Å². The van der Waals surface area contributed by atoms with Gasteiger partial charge in [-0.3, -0.25) is 9.59 Å². The van der Waals surface area contributed by atoms with Gasteiger partial charge in [0.2, 0.25) is 5.91 Å². The van der Waals surface area contributed by atoms with Gasteiger partial charge >= 0.3 is 0 Å². The van der Waals surface area contributed by atoms with E-state index in [1.807, 2.05) is 30.0 Å². The van der Waals surface area contributed by atoms with Crippen molar-refractivity contribution >= 4 is 34.7 Å². The van der Waals surface area contributed by atoms with E-state index in [-0.39, 0.29) is 17.9 Å². The maximum absolute atomic E-state index is 14.8. The highest BCUT2D eigenvalue weighted by Gasteiger charge is 2.23. The van der Waals surface area contributed by atoms with Crippen LogP contribution in [0.3, 0.4) is 0 Å². The largest absolute Gasteiger partial charge is 0.494 e. The number of nitrogens with zero attached hydrogens (tertiary/aromatic N) is 3. The number of rotatable bonds is 6. The predicted octanol–water partition coefficient (Wildman–Crippen LogP) is 5.17. The second kappa shape index (κ2) is 12.5. The van der Waals surface area contributed by atoms with Crippen molar-refractivity contribution < 1.29 is 32.6 Å². The number of hydrogen-bond donors (Lipinski definition) is 2. The topological polar surface area (TPSA) is 95.0 Å². The van der Waals surface area contributed by atoms with Gasteiger partial charge < -0.3 is 25.0 Å². The number of alkyl halides is 2. The summed E-state index contributed by atoms with van der Waals surface area (Å²) in [5.74, 6) is -0.250. The summed E-state index contributed by atoms with van der Waals surface area (Å²) in [6.45, 7) is 7.52. The zero-order chi connectivity index (χ0) is 28.0. The Balaban J connectivity index is 0.00000127. The number of aryl methyl sites for hydroxylation is 1. The molecular weight excluding hydrogens is 501 g/mol. The van der Waals surface area contributed by atoms with Gasteiger partial charge in [-0.1, -0.05) is 18.2 Å². The smallest absolute Gasteiger partial charge is 0.290 e. The van der Waals surface area contributed by atoms with Crippen LogP contribution in [-0.4, -0.2) is 60.7 Å². The Kier molecular flexibility index (Phi) is 9.38. The standard InChI is InChI=1S/C26H29F3N4O2.CH2O2/c1-15-12-22(31-16(2)19-6-5-7-20(24(19)27)26(28)29)21-13-18(14-23(35-4)25(21)30-15)33-10-8-32(9-11-33)17(3)34;2-1-3/h5-7,12-14,16,26H,8-11H2,1-4H3,(H,30,31);1H,(H,2,3). The average molecular weight is 533 g/mol. The molecule has 0 bridgehead atoms. The maximum Gasteiger partial charge on any atom is 0.290 e. The molecule has 8 nitrogen and oxygen atoms in total. The van der Waals surface area contributed by atoms with E-state index >= 15 is 0 Å². The van der Waals surface area contributed by atoms with Crippen molar-refractivity contribution in [3.63, 3.8) is 0 Å². The fourth-order valence-corrected chi connectivity index (χ4v) is 4.53. The molecule has 1 aliphatic rings. The van der Waals surface area contributed by atoms with Crippen LogP contribution in [0.15, 0.2) is 36.4 Å². The summed E-state index contributed by atoms with van der Waals surface area (Å²) in [5, 5.41) is 11.0. The lowest BCUT2D eigenvalue weighted by Crippen LogP contribution is -2.48. The first-order valence-electron chi connectivity index (χ1n) is 12.0. The highest BCUT2D eigenvalue weighted by Crippen LogP contribution is 2.37. The summed E-state index contributed by atoms with van der Waals surface area (Å²) < 4.78 is 46.9. The lowest BCUT2D eigenvalue weighted by molar-refractivity contribution is -0.129. The summed E-state index contributed by atoms with van der Waals surface area (Å²) >= 11 is 0. The minimum absolute atomic E-state index is 0.0593. The average Bonchev–Trinajstić information content (AvgIpc) is 2.88. The second-order valence-corrected chi connectivity index (χ2v) is 8.87. The number of hydrogen-bond acceptors (Lipinski definition) is 6. The molecule has 1 aromatic heterocycles. The van der Waals surface area contributed by atoms with Crippen molar-refractivity contribution in [1.29, 1.82) is 0 Å². The summed E-state index contributed by atoms with van der Waals surface area (Å²) in [4.78, 5) is 28.7. The fraction of sp³-hybridized carbons (Fsp3) is 0.370. The zero-order valence-electron chi connectivity index (χ0n) is 21.7. The SMILES string of the molecule is COc1cc(N2CCN(C(C)=O)CC2)cc2c(NC(C)c3cccc(C(F)F)c3F)cc(C)nc12.O=CO. The van der Waals surface area contributed by atoms with Gasteiger partial charge in [-0.25, -0.2) is 18.2 Å². The Labute approximate surface area is 219 Å². The molecule has 38 heavy (non-hydrogen) atoms. The second-order valence-electron chi connectivity index (χ2n) is 8.87. The van der Waals surface area contributed by atoms with Crippen molar-refractivity contribution in [2.24, 2.45) is 0 Å². The van der Waals surface area contributed by atoms with Gasteiger partial charge in [0.05, 0.1) is 18.7 Å². The summed E-state index contributed by atoms with van der Waals surface area (Å²) in [5.41, 5.74) is 2.55. The van der Waals surface area contributed by atoms with Crippen LogP contribution in [0.25, 0.3) is 10.9 Å². The van der Waals surface area contributed by atoms with E-state index in [0.29, 0.717) is 43.1 Å². The number of aromatic nitrogens is 1. The molecule has 1 amide bonds. The van der Waals surface area contributed by atoms with Crippen molar-refractivity contribution in [3.8, 4) is 5.75 Å². The number of fused-ring (bicyclic) bond motifs is 1. The van der Waals surface area contributed by atoms with E-state index in [1.165, 1.54) is 12.1 Å². The third kappa shape index (κ3) is 6.27. The molecule has 0 radical (unpaired) electrons. The number of halogens is 3. The van der Waals surface area contributed by atoms with Crippen LogP contribution >= 0.6 is 0 Å². The lowest BCUT2D eigenvalue weighted by atomic mass is 10.0. The molecule has 0 spiro atoms. The maximum atomic E-state index is 14.8. The third-order valence-corrected chi connectivity index (χ3v) is 6.43. The molecule has 2 N–H and O–H groups in total. The molecule has 3 aromatic rings. The van der Waals surface area contributed by atoms with Crippen molar-refractivity contribution in [1.82, 2.24) is 9.88 Å². The van der Waals surface area contributed by atoms with E-state index in [2.05, 4.69) is 15.2 Å². The molecule has 0 saturated carbocycles. The van der Waals surface area contributed by atoms with E-state index < -0.39 is 23.8 Å². The Bertz CT molecular complexity index is 1300. The molecule has 0 aliphatic carbocycles. The lowest BCUT2D eigenvalue weighted by Gasteiger charge is -2.36. The zero-order valence-corrected chi connectivity index (χ0v) is 21.7. The number of pyridine rings is 1. The number of amides is 1. The Morgan fingerprint density at radius 2 is 1.79 bits per heavy atom. The minimum Gasteiger partial charge on any atom is -0.494 e. The summed E-state index contributed by atoms with van der Waals surface area (Å²) in [7, 11) is 1.58. The number of methoxy groups -OCH3 is 1. The van der Waals surface area contributed by atoms with Crippen molar-refractivity contribution in [2.75, 3.05) is 43.5 Å². The number of carbonyl (C=O) groups is 2. The van der Waals surface area contributed by atoms with Gasteiger partial charge in [0.15, 0.2) is 0 Å². The molecule has 4 rings (SSSR count). The summed E-state index contributed by atoms with van der Waals surface area (Å²) in [6.07, 6.45) is -2.89. The number of ether oxygens (including phenoxy) is 1. The molecule has 11 heteroatoms. The highest BCUT2D eigenvalue weighted by molar-refractivity contribution is 5.98. The molecule has 1 saturated heterocycles. The molecule has 1 atom stereocenters. The first-order chi connectivity index (χ1) is 18.1. The fourth-order valence-electron chi connectivity index (χ4n) is 4.53. The minimum atomic E-state index is -2.89. The quantitative estimate of drug-likeness (QED) is 0.423. The predicted molar refractivity (Wildman–Crippen MR) is 140 cm³/mol. The van der Waals surface area contributed by atoms with Gasteiger partial charge in [-0.05, 0) is 26.0 Å². The van der Waals surface area contributed by atoms with E-state index in [9.17, 15) is 18.0 Å². The van der Waals surface area contributed by atoms with Crippen LogP contribution in [0.5, 0.6) is 5.75 Å². The molecule has 1 aliphatic heterocycles.